The first-order chi connectivity index (χ1) is 25.7. The van der Waals surface area contributed by atoms with Crippen molar-refractivity contribution < 1.29 is 27.1 Å². The molecule has 1 amide bonds. The van der Waals surface area contributed by atoms with Crippen LogP contribution in [0.25, 0.3) is 22.0 Å². The molecule has 0 radical (unpaired) electrons. The van der Waals surface area contributed by atoms with Gasteiger partial charge >= 0.3 is 6.09 Å². The quantitative estimate of drug-likeness (QED) is 0.141. The Bertz CT molecular complexity index is 2330. The van der Waals surface area contributed by atoms with Gasteiger partial charge in [-0.3, -0.25) is 0 Å². The number of hydrogen-bond acceptors (Lipinski definition) is 9. The van der Waals surface area contributed by atoms with E-state index in [4.69, 9.17) is 14.5 Å². The zero-order valence-electron chi connectivity index (χ0n) is 29.1. The van der Waals surface area contributed by atoms with Crippen LogP contribution in [0.3, 0.4) is 0 Å². The molecule has 2 aromatic heterocycles. The predicted octanol–water partition coefficient (Wildman–Crippen LogP) is 8.07. The number of nitrogens with one attached hydrogen (secondary N) is 1. The Morgan fingerprint density at radius 3 is 2.40 bits per heavy atom. The van der Waals surface area contributed by atoms with E-state index in [1.807, 2.05) is 104 Å². The predicted molar refractivity (Wildman–Crippen MR) is 202 cm³/mol. The molecule has 53 heavy (non-hydrogen) atoms. The average Bonchev–Trinajstić information content (AvgIpc) is 3.15. The van der Waals surface area contributed by atoms with E-state index in [2.05, 4.69) is 15.3 Å². The van der Waals surface area contributed by atoms with Crippen LogP contribution in [0.15, 0.2) is 122 Å². The van der Waals surface area contributed by atoms with E-state index in [1.165, 1.54) is 4.90 Å². The van der Waals surface area contributed by atoms with E-state index in [-0.39, 0.29) is 43.6 Å². The number of anilines is 1. The summed E-state index contributed by atoms with van der Waals surface area (Å²) in [4.78, 5) is 27.8. The summed E-state index contributed by atoms with van der Waals surface area (Å²) in [5.41, 5.74) is 4.21. The van der Waals surface area contributed by atoms with Gasteiger partial charge < -0.3 is 19.7 Å². The number of hydrogen-bond donors (Lipinski definition) is 1. The highest BCUT2D eigenvalue weighted by Crippen LogP contribution is 2.38. The SMILES string of the molecule is Cc1ccc2c(CS(=O)(=O)Cc3ccccc3)cccc2c1Oc1ncccc1-c1ccnc(N[C@H]2C[C@@H](F)CN(C(=O)OCc3ccccc3)C2)n1. The minimum absolute atomic E-state index is 0.0539. The van der Waals surface area contributed by atoms with Crippen molar-refractivity contribution >= 4 is 32.7 Å². The number of aromatic nitrogens is 3. The van der Waals surface area contributed by atoms with Crippen molar-refractivity contribution in [2.45, 2.75) is 43.7 Å². The van der Waals surface area contributed by atoms with Crippen LogP contribution < -0.4 is 10.1 Å². The Balaban J connectivity index is 1.09. The number of halogens is 1. The van der Waals surface area contributed by atoms with Crippen LogP contribution >= 0.6 is 0 Å². The number of fused-ring (bicyclic) bond motifs is 1. The number of ether oxygens (including phenoxy) is 2. The fourth-order valence-corrected chi connectivity index (χ4v) is 8.04. The van der Waals surface area contributed by atoms with Crippen molar-refractivity contribution in [3.63, 3.8) is 0 Å². The number of pyridine rings is 1. The number of nitrogens with zero attached hydrogens (tertiary/aromatic N) is 4. The molecule has 0 spiro atoms. The first kappa shape index (κ1) is 35.5. The molecule has 0 unspecified atom stereocenters. The van der Waals surface area contributed by atoms with Crippen molar-refractivity contribution in [1.29, 1.82) is 0 Å². The van der Waals surface area contributed by atoms with Crippen LogP contribution in [0, 0.1) is 6.92 Å². The van der Waals surface area contributed by atoms with Gasteiger partial charge in [-0.25, -0.2) is 32.6 Å². The molecule has 270 valence electrons. The molecule has 4 aromatic carbocycles. The van der Waals surface area contributed by atoms with E-state index >= 15 is 0 Å². The lowest BCUT2D eigenvalue weighted by Gasteiger charge is -2.34. The Hall–Kier alpha value is -5.88. The third kappa shape index (κ3) is 8.78. The number of aryl methyl sites for hydroxylation is 1. The minimum Gasteiger partial charge on any atom is -0.445 e. The second kappa shape index (κ2) is 15.8. The highest BCUT2D eigenvalue weighted by atomic mass is 32.2. The average molecular weight is 732 g/mol. The number of likely N-dealkylation sites (tertiary alicyclic amines) is 1. The number of carbonyl (C=O) groups is 1. The van der Waals surface area contributed by atoms with Crippen LogP contribution in [0.4, 0.5) is 15.1 Å². The van der Waals surface area contributed by atoms with E-state index in [0.717, 1.165) is 27.5 Å². The molecule has 7 rings (SSSR count). The molecule has 0 bridgehead atoms. The van der Waals surface area contributed by atoms with Gasteiger partial charge in [0.25, 0.3) is 0 Å². The maximum Gasteiger partial charge on any atom is 0.410 e. The Morgan fingerprint density at radius 1 is 0.830 bits per heavy atom. The number of alkyl halides is 1. The number of piperidine rings is 1. The molecule has 10 nitrogen and oxygen atoms in total. The van der Waals surface area contributed by atoms with Gasteiger partial charge in [-0.2, -0.15) is 0 Å². The zero-order valence-corrected chi connectivity index (χ0v) is 29.9. The summed E-state index contributed by atoms with van der Waals surface area (Å²) in [7, 11) is -3.46. The maximum atomic E-state index is 14.9. The lowest BCUT2D eigenvalue weighted by atomic mass is 10.0. The number of rotatable bonds is 11. The molecule has 0 aliphatic carbocycles. The molecule has 1 aliphatic rings. The molecule has 1 saturated heterocycles. The Kier molecular flexibility index (Phi) is 10.6. The van der Waals surface area contributed by atoms with Crippen molar-refractivity contribution in [3.05, 3.63) is 144 Å². The maximum absolute atomic E-state index is 14.9. The molecule has 6 aromatic rings. The van der Waals surface area contributed by atoms with Crippen LogP contribution in [-0.2, 0) is 32.7 Å². The second-order valence-electron chi connectivity index (χ2n) is 13.1. The summed E-state index contributed by atoms with van der Waals surface area (Å²) in [6.45, 7) is 2.19. The molecule has 1 aliphatic heterocycles. The van der Waals surface area contributed by atoms with Gasteiger partial charge in [-0.05, 0) is 52.8 Å². The number of sulfone groups is 1. The van der Waals surface area contributed by atoms with Crippen LogP contribution in [0.5, 0.6) is 11.6 Å². The third-order valence-electron chi connectivity index (χ3n) is 9.00. The van der Waals surface area contributed by atoms with Crippen molar-refractivity contribution in [2.75, 3.05) is 18.4 Å². The van der Waals surface area contributed by atoms with Crippen LogP contribution in [0.1, 0.15) is 28.7 Å². The van der Waals surface area contributed by atoms with E-state index in [0.29, 0.717) is 28.5 Å². The Morgan fingerprint density at radius 2 is 1.60 bits per heavy atom. The molecule has 2 atom stereocenters. The monoisotopic (exact) mass is 731 g/mol. The van der Waals surface area contributed by atoms with Gasteiger partial charge in [0.15, 0.2) is 9.84 Å². The normalized spacial score (nSPS) is 15.9. The number of benzene rings is 4. The molecular formula is C41H38FN5O5S. The molecular weight excluding hydrogens is 694 g/mol. The molecule has 1 N–H and O–H groups in total. The zero-order chi connectivity index (χ0) is 36.8. The van der Waals surface area contributed by atoms with Gasteiger partial charge in [0.2, 0.25) is 11.8 Å². The fourth-order valence-electron chi connectivity index (χ4n) is 6.51. The van der Waals surface area contributed by atoms with E-state index < -0.39 is 28.1 Å². The number of carbonyl (C=O) groups excluding carboxylic acids is 1. The number of amides is 1. The third-order valence-corrected chi connectivity index (χ3v) is 10.5. The summed E-state index contributed by atoms with van der Waals surface area (Å²) in [6.07, 6.45) is 1.55. The summed E-state index contributed by atoms with van der Waals surface area (Å²) in [5.74, 6) is 0.929. The first-order valence-electron chi connectivity index (χ1n) is 17.3. The van der Waals surface area contributed by atoms with Crippen molar-refractivity contribution in [1.82, 2.24) is 19.9 Å². The summed E-state index contributed by atoms with van der Waals surface area (Å²) < 4.78 is 53.4. The molecule has 3 heterocycles. The summed E-state index contributed by atoms with van der Waals surface area (Å²) in [5, 5.41) is 4.72. The highest BCUT2D eigenvalue weighted by Gasteiger charge is 2.31. The molecule has 0 saturated carbocycles. The van der Waals surface area contributed by atoms with Crippen molar-refractivity contribution in [2.24, 2.45) is 0 Å². The fraction of sp³-hybridized carbons (Fsp3) is 0.220. The van der Waals surface area contributed by atoms with Gasteiger partial charge in [0, 0.05) is 36.8 Å². The van der Waals surface area contributed by atoms with Gasteiger partial charge in [-0.1, -0.05) is 91.0 Å². The smallest absolute Gasteiger partial charge is 0.410 e. The minimum atomic E-state index is -3.46. The largest absolute Gasteiger partial charge is 0.445 e. The summed E-state index contributed by atoms with van der Waals surface area (Å²) >= 11 is 0. The lowest BCUT2D eigenvalue weighted by Crippen LogP contribution is -2.50. The Labute approximate surface area is 307 Å². The van der Waals surface area contributed by atoms with Crippen molar-refractivity contribution in [3.8, 4) is 22.9 Å². The highest BCUT2D eigenvalue weighted by molar-refractivity contribution is 7.89. The molecule has 12 heteroatoms. The van der Waals surface area contributed by atoms with Gasteiger partial charge in [-0.15, -0.1) is 0 Å². The first-order valence-corrected chi connectivity index (χ1v) is 19.1. The topological polar surface area (TPSA) is 124 Å². The second-order valence-corrected chi connectivity index (χ2v) is 15.1. The van der Waals surface area contributed by atoms with E-state index in [9.17, 15) is 17.6 Å². The summed E-state index contributed by atoms with van der Waals surface area (Å²) in [6, 6.07) is 32.8. The lowest BCUT2D eigenvalue weighted by molar-refractivity contribution is 0.0685. The van der Waals surface area contributed by atoms with E-state index in [1.54, 1.807) is 24.5 Å². The molecule has 1 fully saturated rings. The van der Waals surface area contributed by atoms with Crippen LogP contribution in [0.2, 0.25) is 0 Å². The standard InChI is InChI=1S/C41H38FN5O5S/c1-28-17-18-34-31(27-53(49,50)26-30-12-6-3-7-13-30)14-8-15-35(34)38(28)52-39-36(16-9-20-43-39)37-19-21-44-40(46-37)45-33-22-32(42)23-47(24-33)41(48)51-25-29-10-4-2-5-11-29/h2-21,32-33H,22-27H2,1H3,(H,44,45,46)/t32-,33+/m1/s1. The van der Waals surface area contributed by atoms with Gasteiger partial charge in [0.1, 0.15) is 18.5 Å². The van der Waals surface area contributed by atoms with Gasteiger partial charge in [0.05, 0.1) is 29.3 Å². The van der Waals surface area contributed by atoms with Crippen LogP contribution in [-0.4, -0.2) is 59.7 Å².